The molecule has 4 heteroatoms. The van der Waals surface area contributed by atoms with Crippen LogP contribution >= 0.6 is 11.8 Å². The number of hydrogen-bond donors (Lipinski definition) is 1. The summed E-state index contributed by atoms with van der Waals surface area (Å²) in [6.45, 7) is 11.0. The van der Waals surface area contributed by atoms with Gasteiger partial charge in [-0.25, -0.2) is 0 Å². The van der Waals surface area contributed by atoms with Crippen molar-refractivity contribution in [2.45, 2.75) is 52.7 Å². The molecular weight excluding hydrogens is 222 g/mol. The lowest BCUT2D eigenvalue weighted by atomic mass is 10.2. The van der Waals surface area contributed by atoms with Crippen LogP contribution in [0.4, 0.5) is 0 Å². The minimum Gasteiger partial charge on any atom is -0.459 e. The first-order valence-electron chi connectivity index (χ1n) is 5.88. The third-order valence-corrected chi connectivity index (χ3v) is 2.93. The third-order valence-electron chi connectivity index (χ3n) is 1.75. The normalized spacial score (nSPS) is 13.6. The number of esters is 1. The molecule has 0 rings (SSSR count). The summed E-state index contributed by atoms with van der Waals surface area (Å²) in [5.41, 5.74) is -0.371. The number of carbonyl (C=O) groups excluding carboxylic acids is 1. The van der Waals surface area contributed by atoms with Gasteiger partial charge in [0.15, 0.2) is 0 Å². The number of carbonyl (C=O) groups is 1. The summed E-state index contributed by atoms with van der Waals surface area (Å²) in [4.78, 5) is 11.4. The molecule has 1 N–H and O–H groups in total. The van der Waals surface area contributed by atoms with Gasteiger partial charge in [-0.05, 0) is 40.7 Å². The van der Waals surface area contributed by atoms with Gasteiger partial charge in [-0.1, -0.05) is 6.92 Å². The Morgan fingerprint density at radius 2 is 2.06 bits per heavy atom. The molecule has 0 amide bonds. The summed E-state index contributed by atoms with van der Waals surface area (Å²) >= 11 is 1.62. The molecule has 0 bridgehead atoms. The molecule has 16 heavy (non-hydrogen) atoms. The first kappa shape index (κ1) is 15.8. The van der Waals surface area contributed by atoms with Crippen LogP contribution in [-0.2, 0) is 9.53 Å². The lowest BCUT2D eigenvalue weighted by molar-refractivity contribution is -0.151. The van der Waals surface area contributed by atoms with Gasteiger partial charge < -0.3 is 10.1 Å². The summed E-state index contributed by atoms with van der Waals surface area (Å²) in [5, 5.41) is 3.38. The SMILES string of the molecule is CCCNC(C)CSCC(=O)OC(C)(C)C. The molecule has 0 aliphatic rings. The Hall–Kier alpha value is -0.220. The number of thioether (sulfide) groups is 1. The van der Waals surface area contributed by atoms with E-state index in [-0.39, 0.29) is 11.6 Å². The van der Waals surface area contributed by atoms with Crippen LogP contribution in [0.15, 0.2) is 0 Å². The Balaban J connectivity index is 3.54. The van der Waals surface area contributed by atoms with Crippen molar-refractivity contribution in [1.82, 2.24) is 5.32 Å². The van der Waals surface area contributed by atoms with Crippen LogP contribution in [0.3, 0.4) is 0 Å². The van der Waals surface area contributed by atoms with Gasteiger partial charge in [0.05, 0.1) is 5.75 Å². The fraction of sp³-hybridized carbons (Fsp3) is 0.917. The van der Waals surface area contributed by atoms with Gasteiger partial charge in [-0.2, -0.15) is 0 Å². The van der Waals surface area contributed by atoms with Gasteiger partial charge in [-0.3, -0.25) is 4.79 Å². The molecule has 0 saturated carbocycles. The highest BCUT2D eigenvalue weighted by Crippen LogP contribution is 2.10. The van der Waals surface area contributed by atoms with Crippen LogP contribution in [0, 0.1) is 0 Å². The molecule has 0 aromatic carbocycles. The van der Waals surface area contributed by atoms with E-state index in [4.69, 9.17) is 4.74 Å². The zero-order valence-electron chi connectivity index (χ0n) is 11.1. The molecule has 96 valence electrons. The van der Waals surface area contributed by atoms with Gasteiger partial charge in [0.25, 0.3) is 0 Å². The van der Waals surface area contributed by atoms with Crippen LogP contribution in [-0.4, -0.2) is 35.7 Å². The topological polar surface area (TPSA) is 38.3 Å². The molecule has 0 aromatic rings. The molecule has 0 heterocycles. The van der Waals surface area contributed by atoms with Crippen LogP contribution < -0.4 is 5.32 Å². The highest BCUT2D eigenvalue weighted by atomic mass is 32.2. The molecule has 0 spiro atoms. The molecule has 3 nitrogen and oxygen atoms in total. The highest BCUT2D eigenvalue weighted by molar-refractivity contribution is 7.99. The first-order valence-corrected chi connectivity index (χ1v) is 7.03. The van der Waals surface area contributed by atoms with E-state index in [9.17, 15) is 4.79 Å². The Morgan fingerprint density at radius 3 is 2.56 bits per heavy atom. The van der Waals surface area contributed by atoms with Crippen molar-refractivity contribution < 1.29 is 9.53 Å². The summed E-state index contributed by atoms with van der Waals surface area (Å²) in [5.74, 6) is 1.26. The van der Waals surface area contributed by atoms with Gasteiger partial charge in [0, 0.05) is 11.8 Å². The van der Waals surface area contributed by atoms with Crippen molar-refractivity contribution in [3.63, 3.8) is 0 Å². The zero-order valence-corrected chi connectivity index (χ0v) is 11.9. The maximum absolute atomic E-state index is 11.4. The average Bonchev–Trinajstić information content (AvgIpc) is 2.11. The van der Waals surface area contributed by atoms with Crippen molar-refractivity contribution in [2.75, 3.05) is 18.1 Å². The second kappa shape index (κ2) is 7.96. The fourth-order valence-electron chi connectivity index (χ4n) is 1.14. The van der Waals surface area contributed by atoms with E-state index in [0.29, 0.717) is 11.8 Å². The highest BCUT2D eigenvalue weighted by Gasteiger charge is 2.16. The summed E-state index contributed by atoms with van der Waals surface area (Å²) in [7, 11) is 0. The van der Waals surface area contributed by atoms with Crippen molar-refractivity contribution >= 4 is 17.7 Å². The molecule has 0 aliphatic heterocycles. The lowest BCUT2D eigenvalue weighted by Crippen LogP contribution is -2.30. The molecular formula is C12H25NO2S. The molecule has 1 atom stereocenters. The second-order valence-electron chi connectivity index (χ2n) is 4.96. The Morgan fingerprint density at radius 1 is 1.44 bits per heavy atom. The van der Waals surface area contributed by atoms with E-state index in [1.54, 1.807) is 11.8 Å². The average molecular weight is 247 g/mol. The number of hydrogen-bond acceptors (Lipinski definition) is 4. The predicted octanol–water partition coefficient (Wildman–Crippen LogP) is 2.45. The maximum Gasteiger partial charge on any atom is 0.316 e. The van der Waals surface area contributed by atoms with Gasteiger partial charge in [-0.15, -0.1) is 11.8 Å². The van der Waals surface area contributed by atoms with Crippen molar-refractivity contribution in [3.8, 4) is 0 Å². The summed E-state index contributed by atoms with van der Waals surface area (Å²) in [6, 6.07) is 0.451. The second-order valence-corrected chi connectivity index (χ2v) is 5.99. The van der Waals surface area contributed by atoms with Crippen LogP contribution in [0.2, 0.25) is 0 Å². The van der Waals surface area contributed by atoms with E-state index in [1.165, 1.54) is 0 Å². The standard InChI is InChI=1S/C12H25NO2S/c1-6-7-13-10(2)8-16-9-11(14)15-12(3,4)5/h10,13H,6-9H2,1-5H3. The van der Waals surface area contributed by atoms with Crippen molar-refractivity contribution in [2.24, 2.45) is 0 Å². The third kappa shape index (κ3) is 10.3. The molecule has 0 radical (unpaired) electrons. The van der Waals surface area contributed by atoms with E-state index in [1.807, 2.05) is 20.8 Å². The van der Waals surface area contributed by atoms with E-state index in [2.05, 4.69) is 19.2 Å². The quantitative estimate of drug-likeness (QED) is 0.701. The summed E-state index contributed by atoms with van der Waals surface area (Å²) in [6.07, 6.45) is 1.14. The van der Waals surface area contributed by atoms with E-state index >= 15 is 0 Å². The number of nitrogens with one attached hydrogen (secondary N) is 1. The predicted molar refractivity (Wildman–Crippen MR) is 70.9 cm³/mol. The Kier molecular flexibility index (Phi) is 7.85. The largest absolute Gasteiger partial charge is 0.459 e. The van der Waals surface area contributed by atoms with Gasteiger partial charge in [0.1, 0.15) is 5.60 Å². The Labute approximate surface area is 104 Å². The van der Waals surface area contributed by atoms with Crippen molar-refractivity contribution in [1.29, 1.82) is 0 Å². The molecule has 0 saturated heterocycles. The fourth-order valence-corrected chi connectivity index (χ4v) is 1.95. The molecule has 0 fully saturated rings. The molecule has 1 unspecified atom stereocenters. The lowest BCUT2D eigenvalue weighted by Gasteiger charge is -2.19. The van der Waals surface area contributed by atoms with Crippen molar-refractivity contribution in [3.05, 3.63) is 0 Å². The van der Waals surface area contributed by atoms with Crippen LogP contribution in [0.25, 0.3) is 0 Å². The first-order chi connectivity index (χ1) is 7.35. The monoisotopic (exact) mass is 247 g/mol. The van der Waals surface area contributed by atoms with Gasteiger partial charge >= 0.3 is 5.97 Å². The van der Waals surface area contributed by atoms with Crippen LogP contribution in [0.5, 0.6) is 0 Å². The maximum atomic E-state index is 11.4. The summed E-state index contributed by atoms with van der Waals surface area (Å²) < 4.78 is 5.22. The van der Waals surface area contributed by atoms with Crippen LogP contribution in [0.1, 0.15) is 41.0 Å². The number of ether oxygens (including phenoxy) is 1. The Bertz CT molecular complexity index is 202. The van der Waals surface area contributed by atoms with E-state index < -0.39 is 0 Å². The molecule has 0 aromatic heterocycles. The smallest absolute Gasteiger partial charge is 0.316 e. The molecule has 0 aliphatic carbocycles. The van der Waals surface area contributed by atoms with E-state index in [0.717, 1.165) is 18.7 Å². The zero-order chi connectivity index (χ0) is 12.6. The minimum atomic E-state index is -0.371. The van der Waals surface area contributed by atoms with Gasteiger partial charge in [0.2, 0.25) is 0 Å². The minimum absolute atomic E-state index is 0.125. The number of rotatable bonds is 7.